The van der Waals surface area contributed by atoms with Crippen LogP contribution in [0.15, 0.2) is 18.2 Å². The Balaban J connectivity index is 1.86. The van der Waals surface area contributed by atoms with Crippen molar-refractivity contribution in [1.82, 2.24) is 9.80 Å². The van der Waals surface area contributed by atoms with Crippen LogP contribution in [-0.4, -0.2) is 43.5 Å². The Hall–Kier alpha value is -0.900. The minimum Gasteiger partial charge on any atom is -0.326 e. The molecule has 112 valence electrons. The number of rotatable bonds is 5. The van der Waals surface area contributed by atoms with E-state index in [4.69, 9.17) is 5.73 Å². The monoisotopic (exact) mass is 275 g/mol. The molecule has 0 aromatic heterocycles. The van der Waals surface area contributed by atoms with Crippen LogP contribution in [0.3, 0.4) is 0 Å². The van der Waals surface area contributed by atoms with Crippen molar-refractivity contribution >= 4 is 0 Å². The van der Waals surface area contributed by atoms with Crippen molar-refractivity contribution in [3.8, 4) is 0 Å². The summed E-state index contributed by atoms with van der Waals surface area (Å²) in [5.41, 5.74) is 9.76. The third-order valence-electron chi connectivity index (χ3n) is 4.37. The van der Waals surface area contributed by atoms with E-state index in [1.165, 1.54) is 49.2 Å². The van der Waals surface area contributed by atoms with Crippen molar-refractivity contribution in [2.75, 3.05) is 33.7 Å². The number of likely N-dealkylation sites (tertiary alicyclic amines) is 1. The molecule has 0 saturated carbocycles. The maximum Gasteiger partial charge on any atom is 0.0236 e. The molecule has 20 heavy (non-hydrogen) atoms. The van der Waals surface area contributed by atoms with Gasteiger partial charge in [-0.3, -0.25) is 4.90 Å². The van der Waals surface area contributed by atoms with E-state index in [0.717, 1.165) is 12.5 Å². The highest BCUT2D eigenvalue weighted by atomic mass is 15.1. The molecule has 1 saturated heterocycles. The number of hydrogen-bond donors (Lipinski definition) is 1. The molecule has 0 unspecified atom stereocenters. The van der Waals surface area contributed by atoms with Crippen molar-refractivity contribution in [3.05, 3.63) is 34.9 Å². The van der Waals surface area contributed by atoms with E-state index >= 15 is 0 Å². The summed E-state index contributed by atoms with van der Waals surface area (Å²) >= 11 is 0. The highest BCUT2D eigenvalue weighted by Gasteiger charge is 2.19. The first kappa shape index (κ1) is 15.5. The highest BCUT2D eigenvalue weighted by Crippen LogP contribution is 2.21. The number of aryl methyl sites for hydroxylation is 1. The van der Waals surface area contributed by atoms with Gasteiger partial charge in [0.15, 0.2) is 0 Å². The predicted octanol–water partition coefficient (Wildman–Crippen LogP) is 2.23. The Morgan fingerprint density at radius 1 is 1.25 bits per heavy atom. The van der Waals surface area contributed by atoms with Crippen LogP contribution in [0.2, 0.25) is 0 Å². The summed E-state index contributed by atoms with van der Waals surface area (Å²) in [6.45, 7) is 7.63. The lowest BCUT2D eigenvalue weighted by Gasteiger charge is -2.33. The molecule has 0 bridgehead atoms. The van der Waals surface area contributed by atoms with Crippen LogP contribution in [0.5, 0.6) is 0 Å². The zero-order valence-electron chi connectivity index (χ0n) is 13.2. The maximum absolute atomic E-state index is 5.69. The molecule has 0 radical (unpaired) electrons. The summed E-state index contributed by atoms with van der Waals surface area (Å²) < 4.78 is 0. The molecular weight excluding hydrogens is 246 g/mol. The van der Waals surface area contributed by atoms with Gasteiger partial charge in [0.2, 0.25) is 0 Å². The van der Waals surface area contributed by atoms with Gasteiger partial charge in [0.1, 0.15) is 0 Å². The lowest BCUT2D eigenvalue weighted by Crippen LogP contribution is -2.36. The standard InChI is InChI=1S/C17H29N3/c1-14-10-16(11-18)4-5-17(14)13-20-8-6-15(7-9-20)12-19(2)3/h4-5,10,15H,6-9,11-13,18H2,1-3H3. The number of hydrogen-bond acceptors (Lipinski definition) is 3. The van der Waals surface area contributed by atoms with Crippen molar-refractivity contribution < 1.29 is 0 Å². The number of benzene rings is 1. The minimum atomic E-state index is 0.636. The second-order valence-corrected chi connectivity index (χ2v) is 6.45. The van der Waals surface area contributed by atoms with Gasteiger partial charge in [0.25, 0.3) is 0 Å². The Kier molecular flexibility index (Phi) is 5.58. The molecular formula is C17H29N3. The van der Waals surface area contributed by atoms with E-state index in [1.54, 1.807) is 0 Å². The first-order valence-corrected chi connectivity index (χ1v) is 7.74. The molecule has 1 heterocycles. The quantitative estimate of drug-likeness (QED) is 0.894. The van der Waals surface area contributed by atoms with E-state index in [9.17, 15) is 0 Å². The van der Waals surface area contributed by atoms with Gasteiger partial charge in [-0.05, 0) is 69.6 Å². The van der Waals surface area contributed by atoms with Crippen LogP contribution < -0.4 is 5.73 Å². The fourth-order valence-electron chi connectivity index (χ4n) is 3.15. The van der Waals surface area contributed by atoms with Crippen molar-refractivity contribution in [2.45, 2.75) is 32.9 Å². The van der Waals surface area contributed by atoms with Gasteiger partial charge in [-0.1, -0.05) is 18.2 Å². The summed E-state index contributed by atoms with van der Waals surface area (Å²) in [6.07, 6.45) is 2.66. The molecule has 2 rings (SSSR count). The Morgan fingerprint density at radius 2 is 1.95 bits per heavy atom. The molecule has 1 aromatic carbocycles. The first-order chi connectivity index (χ1) is 9.58. The van der Waals surface area contributed by atoms with E-state index in [1.807, 2.05) is 0 Å². The SMILES string of the molecule is Cc1cc(CN)ccc1CN1CCC(CN(C)C)CC1. The fourth-order valence-corrected chi connectivity index (χ4v) is 3.15. The zero-order chi connectivity index (χ0) is 14.5. The molecule has 1 aliphatic heterocycles. The van der Waals surface area contributed by atoms with Gasteiger partial charge in [0, 0.05) is 19.6 Å². The molecule has 0 aliphatic carbocycles. The summed E-state index contributed by atoms with van der Waals surface area (Å²) in [4.78, 5) is 4.91. The fraction of sp³-hybridized carbons (Fsp3) is 0.647. The lowest BCUT2D eigenvalue weighted by atomic mass is 9.95. The third kappa shape index (κ3) is 4.30. The third-order valence-corrected chi connectivity index (χ3v) is 4.37. The van der Waals surface area contributed by atoms with Crippen molar-refractivity contribution in [3.63, 3.8) is 0 Å². The van der Waals surface area contributed by atoms with E-state index in [0.29, 0.717) is 6.54 Å². The topological polar surface area (TPSA) is 32.5 Å². The number of nitrogens with two attached hydrogens (primary N) is 1. The van der Waals surface area contributed by atoms with Gasteiger partial charge in [-0.15, -0.1) is 0 Å². The normalized spacial score (nSPS) is 17.9. The van der Waals surface area contributed by atoms with Gasteiger partial charge in [-0.25, -0.2) is 0 Å². The van der Waals surface area contributed by atoms with Gasteiger partial charge in [0.05, 0.1) is 0 Å². The lowest BCUT2D eigenvalue weighted by molar-refractivity contribution is 0.156. The molecule has 0 spiro atoms. The molecule has 0 amide bonds. The van der Waals surface area contributed by atoms with Crippen LogP contribution in [0.4, 0.5) is 0 Å². The first-order valence-electron chi connectivity index (χ1n) is 7.74. The van der Waals surface area contributed by atoms with E-state index < -0.39 is 0 Å². The number of piperidine rings is 1. The largest absolute Gasteiger partial charge is 0.326 e. The molecule has 3 nitrogen and oxygen atoms in total. The molecule has 1 aromatic rings. The van der Waals surface area contributed by atoms with Gasteiger partial charge >= 0.3 is 0 Å². The molecule has 2 N–H and O–H groups in total. The van der Waals surface area contributed by atoms with Gasteiger partial charge in [-0.2, -0.15) is 0 Å². The Labute approximate surface area is 123 Å². The molecule has 1 aliphatic rings. The van der Waals surface area contributed by atoms with Crippen molar-refractivity contribution in [1.29, 1.82) is 0 Å². The minimum absolute atomic E-state index is 0.636. The summed E-state index contributed by atoms with van der Waals surface area (Å²) in [7, 11) is 4.35. The van der Waals surface area contributed by atoms with E-state index in [2.05, 4.69) is 49.0 Å². The van der Waals surface area contributed by atoms with Gasteiger partial charge < -0.3 is 10.6 Å². The van der Waals surface area contributed by atoms with Crippen LogP contribution in [0, 0.1) is 12.8 Å². The summed E-state index contributed by atoms with van der Waals surface area (Å²) in [5.74, 6) is 0.877. The second kappa shape index (κ2) is 7.21. The van der Waals surface area contributed by atoms with Crippen LogP contribution >= 0.6 is 0 Å². The average Bonchev–Trinajstić information content (AvgIpc) is 2.42. The van der Waals surface area contributed by atoms with Crippen LogP contribution in [-0.2, 0) is 13.1 Å². The average molecular weight is 275 g/mol. The summed E-state index contributed by atoms with van der Waals surface area (Å²) in [5, 5.41) is 0. The highest BCUT2D eigenvalue weighted by molar-refractivity contribution is 5.31. The molecule has 3 heteroatoms. The number of nitrogens with zero attached hydrogens (tertiary/aromatic N) is 2. The smallest absolute Gasteiger partial charge is 0.0236 e. The maximum atomic E-state index is 5.69. The van der Waals surface area contributed by atoms with Crippen molar-refractivity contribution in [2.24, 2.45) is 11.7 Å². The molecule has 0 atom stereocenters. The van der Waals surface area contributed by atoms with Crippen LogP contribution in [0.25, 0.3) is 0 Å². The predicted molar refractivity (Wildman–Crippen MR) is 85.6 cm³/mol. The van der Waals surface area contributed by atoms with E-state index in [-0.39, 0.29) is 0 Å². The zero-order valence-corrected chi connectivity index (χ0v) is 13.2. The Bertz CT molecular complexity index is 420. The second-order valence-electron chi connectivity index (χ2n) is 6.45. The van der Waals surface area contributed by atoms with Crippen LogP contribution in [0.1, 0.15) is 29.5 Å². The summed E-state index contributed by atoms with van der Waals surface area (Å²) in [6, 6.07) is 6.65. The molecule has 1 fully saturated rings. The Morgan fingerprint density at radius 3 is 2.50 bits per heavy atom.